The predicted octanol–water partition coefficient (Wildman–Crippen LogP) is 4.57. The van der Waals surface area contributed by atoms with E-state index in [0.29, 0.717) is 21.4 Å². The lowest BCUT2D eigenvalue weighted by Crippen LogP contribution is -2.37. The van der Waals surface area contributed by atoms with Gasteiger partial charge in [0.15, 0.2) is 22.0 Å². The Bertz CT molecular complexity index is 1390. The van der Waals surface area contributed by atoms with Crippen molar-refractivity contribution in [2.24, 2.45) is 0 Å². The highest BCUT2D eigenvalue weighted by Gasteiger charge is 2.30. The largest absolute Gasteiger partial charge is 0.593 e. The molecule has 2 unspecified atom stereocenters. The monoisotopic (exact) mass is 525 g/mol. The molecule has 3 heterocycles. The number of rotatable bonds is 7. The van der Waals surface area contributed by atoms with Gasteiger partial charge in [0.05, 0.1) is 54.4 Å². The lowest BCUT2D eigenvalue weighted by atomic mass is 10.1. The van der Waals surface area contributed by atoms with Gasteiger partial charge in [-0.05, 0) is 68.8 Å². The second-order valence-corrected chi connectivity index (χ2v) is 10.5. The summed E-state index contributed by atoms with van der Waals surface area (Å²) in [6, 6.07) is 15.1. The fraction of sp³-hybridized carbons (Fsp3) is 0.308. The third kappa shape index (κ3) is 4.71. The number of hydrogen-bond acceptors (Lipinski definition) is 7. The molecule has 8 nitrogen and oxygen atoms in total. The zero-order chi connectivity index (χ0) is 25.4. The number of ether oxygens (including phenoxy) is 2. The molecule has 0 amide bonds. The molecule has 0 aliphatic carbocycles. The topological polar surface area (TPSA) is 87.0 Å². The summed E-state index contributed by atoms with van der Waals surface area (Å²) in [4.78, 5) is 7.90. The fourth-order valence-electron chi connectivity index (χ4n) is 4.63. The minimum Gasteiger partial charge on any atom is -0.593 e. The fourth-order valence-corrected chi connectivity index (χ4v) is 5.77. The SMILES string of the molecule is COc1ccc(-c2c(C)nc3c(N4CCC(N[S+]([O-])c5ccc(Cl)cc5)C4)cc(C)nn23)cc1OC. The molecule has 1 fully saturated rings. The van der Waals surface area contributed by atoms with Gasteiger partial charge in [0.25, 0.3) is 0 Å². The Labute approximate surface area is 218 Å². The first-order chi connectivity index (χ1) is 17.4. The molecule has 5 rings (SSSR count). The third-order valence-corrected chi connectivity index (χ3v) is 7.85. The summed E-state index contributed by atoms with van der Waals surface area (Å²) in [7, 11) is 3.25. The van der Waals surface area contributed by atoms with Crippen LogP contribution < -0.4 is 19.1 Å². The average Bonchev–Trinajstić information content (AvgIpc) is 3.47. The van der Waals surface area contributed by atoms with Gasteiger partial charge in [0, 0.05) is 23.7 Å². The Kier molecular flexibility index (Phi) is 6.98. The molecular weight excluding hydrogens is 498 g/mol. The van der Waals surface area contributed by atoms with Crippen LogP contribution >= 0.6 is 11.6 Å². The lowest BCUT2D eigenvalue weighted by molar-refractivity contribution is 0.355. The van der Waals surface area contributed by atoms with Gasteiger partial charge in [-0.1, -0.05) is 11.6 Å². The smallest absolute Gasteiger partial charge is 0.178 e. The van der Waals surface area contributed by atoms with Crippen molar-refractivity contribution in [1.29, 1.82) is 0 Å². The van der Waals surface area contributed by atoms with E-state index in [9.17, 15) is 4.55 Å². The summed E-state index contributed by atoms with van der Waals surface area (Å²) in [5.74, 6) is 1.32. The van der Waals surface area contributed by atoms with Crippen molar-refractivity contribution >= 4 is 34.3 Å². The van der Waals surface area contributed by atoms with Crippen molar-refractivity contribution in [2.45, 2.75) is 31.2 Å². The summed E-state index contributed by atoms with van der Waals surface area (Å²) in [5, 5.41) is 5.42. The molecule has 4 aromatic rings. The molecule has 0 bridgehead atoms. The number of aromatic nitrogens is 3. The first-order valence-corrected chi connectivity index (χ1v) is 13.2. The number of benzene rings is 2. The highest BCUT2D eigenvalue weighted by atomic mass is 35.5. The molecule has 10 heteroatoms. The van der Waals surface area contributed by atoms with E-state index in [-0.39, 0.29) is 6.04 Å². The Hall–Kier alpha value is -2.98. The van der Waals surface area contributed by atoms with E-state index in [0.717, 1.165) is 53.5 Å². The van der Waals surface area contributed by atoms with Crippen molar-refractivity contribution in [2.75, 3.05) is 32.2 Å². The minimum atomic E-state index is -1.31. The minimum absolute atomic E-state index is 0.0800. The van der Waals surface area contributed by atoms with Crippen molar-refractivity contribution in [3.63, 3.8) is 0 Å². The van der Waals surface area contributed by atoms with E-state index in [1.807, 2.05) is 36.6 Å². The van der Waals surface area contributed by atoms with Gasteiger partial charge in [-0.2, -0.15) is 5.10 Å². The molecule has 188 valence electrons. The zero-order valence-corrected chi connectivity index (χ0v) is 22.2. The van der Waals surface area contributed by atoms with Crippen LogP contribution in [0.1, 0.15) is 17.8 Å². The molecule has 1 N–H and O–H groups in total. The van der Waals surface area contributed by atoms with Gasteiger partial charge in [-0.15, -0.1) is 4.72 Å². The molecule has 2 aromatic carbocycles. The Morgan fingerprint density at radius 1 is 1.06 bits per heavy atom. The van der Waals surface area contributed by atoms with Crippen LogP contribution in [0, 0.1) is 13.8 Å². The Morgan fingerprint density at radius 3 is 2.53 bits per heavy atom. The first kappa shape index (κ1) is 24.7. The number of hydrogen-bond donors (Lipinski definition) is 1. The molecule has 1 aliphatic heterocycles. The van der Waals surface area contributed by atoms with Crippen molar-refractivity contribution in [1.82, 2.24) is 19.3 Å². The number of fused-ring (bicyclic) bond motifs is 1. The van der Waals surface area contributed by atoms with Gasteiger partial charge in [0.2, 0.25) is 0 Å². The molecule has 0 radical (unpaired) electrons. The molecule has 36 heavy (non-hydrogen) atoms. The third-order valence-electron chi connectivity index (χ3n) is 6.35. The number of methoxy groups -OCH3 is 2. The second kappa shape index (κ2) is 10.2. The van der Waals surface area contributed by atoms with Crippen LogP contribution in [0.2, 0.25) is 5.02 Å². The summed E-state index contributed by atoms with van der Waals surface area (Å²) < 4.78 is 28.9. The summed E-state index contributed by atoms with van der Waals surface area (Å²) in [5.41, 5.74) is 5.42. The first-order valence-electron chi connectivity index (χ1n) is 11.7. The summed E-state index contributed by atoms with van der Waals surface area (Å²) >= 11 is 4.66. The lowest BCUT2D eigenvalue weighted by Gasteiger charge is -2.20. The second-order valence-electron chi connectivity index (χ2n) is 8.79. The number of anilines is 1. The van der Waals surface area contributed by atoms with Crippen LogP contribution in [-0.2, 0) is 11.4 Å². The van der Waals surface area contributed by atoms with Gasteiger partial charge >= 0.3 is 0 Å². The highest BCUT2D eigenvalue weighted by molar-refractivity contribution is 7.89. The molecule has 0 saturated carbocycles. The van der Waals surface area contributed by atoms with E-state index in [1.54, 1.807) is 38.5 Å². The van der Waals surface area contributed by atoms with Crippen LogP contribution in [0.25, 0.3) is 16.9 Å². The van der Waals surface area contributed by atoms with E-state index in [4.69, 9.17) is 31.2 Å². The standard InChI is InChI=1S/C26H28ClN5O3S/c1-16-13-22(31-12-11-20(15-31)30-36(33)21-8-6-19(27)7-9-21)26-28-17(2)25(32(26)29-16)18-5-10-23(34-3)24(14-18)35-4/h5-10,13-14,20,30H,11-12,15H2,1-4H3. The molecule has 1 saturated heterocycles. The highest BCUT2D eigenvalue weighted by Crippen LogP contribution is 2.36. The van der Waals surface area contributed by atoms with E-state index < -0.39 is 11.4 Å². The van der Waals surface area contributed by atoms with Crippen LogP contribution in [0.4, 0.5) is 5.69 Å². The van der Waals surface area contributed by atoms with Crippen molar-refractivity contribution in [3.05, 3.63) is 64.9 Å². The van der Waals surface area contributed by atoms with Gasteiger partial charge in [0.1, 0.15) is 0 Å². The molecule has 1 aliphatic rings. The van der Waals surface area contributed by atoms with Crippen LogP contribution in [0.15, 0.2) is 53.4 Å². The number of nitrogens with one attached hydrogen (secondary N) is 1. The summed E-state index contributed by atoms with van der Waals surface area (Å²) in [6.45, 7) is 5.52. The van der Waals surface area contributed by atoms with Crippen LogP contribution in [0.3, 0.4) is 0 Å². The van der Waals surface area contributed by atoms with E-state index in [2.05, 4.69) is 15.7 Å². The Morgan fingerprint density at radius 2 is 1.81 bits per heavy atom. The van der Waals surface area contributed by atoms with E-state index >= 15 is 0 Å². The molecular formula is C26H28ClN5O3S. The summed E-state index contributed by atoms with van der Waals surface area (Å²) in [6.07, 6.45) is 0.870. The number of halogens is 1. The quantitative estimate of drug-likeness (QED) is 0.353. The number of nitrogens with zero attached hydrogens (tertiary/aromatic N) is 4. The van der Waals surface area contributed by atoms with Crippen molar-refractivity contribution < 1.29 is 14.0 Å². The van der Waals surface area contributed by atoms with Crippen LogP contribution in [0.5, 0.6) is 11.5 Å². The molecule has 2 atom stereocenters. The van der Waals surface area contributed by atoms with Crippen LogP contribution in [-0.4, -0.2) is 52.5 Å². The Balaban J connectivity index is 1.43. The van der Waals surface area contributed by atoms with Gasteiger partial charge in [-0.25, -0.2) is 9.50 Å². The van der Waals surface area contributed by atoms with E-state index in [1.165, 1.54) is 0 Å². The molecule has 0 spiro atoms. The average molecular weight is 526 g/mol. The van der Waals surface area contributed by atoms with Crippen molar-refractivity contribution in [3.8, 4) is 22.8 Å². The zero-order valence-electron chi connectivity index (χ0n) is 20.6. The maximum atomic E-state index is 12.8. The molecule has 2 aromatic heterocycles. The normalized spacial score (nSPS) is 16.5. The predicted molar refractivity (Wildman–Crippen MR) is 143 cm³/mol. The number of imidazole rings is 1. The maximum absolute atomic E-state index is 12.8. The number of aryl methyl sites for hydroxylation is 2. The van der Waals surface area contributed by atoms with Gasteiger partial charge < -0.3 is 18.9 Å². The maximum Gasteiger partial charge on any atom is 0.178 e. The van der Waals surface area contributed by atoms with Gasteiger partial charge in [-0.3, -0.25) is 0 Å².